The number of nitrogens with one attached hydrogen (secondary N) is 1. The van der Waals surface area contributed by atoms with E-state index in [2.05, 4.69) is 9.97 Å². The molecule has 5 nitrogen and oxygen atoms in total. The Kier molecular flexibility index (Phi) is 4.74. The summed E-state index contributed by atoms with van der Waals surface area (Å²) in [7, 11) is 0. The molecule has 72 valence electrons. The van der Waals surface area contributed by atoms with Crippen LogP contribution < -0.4 is 61.2 Å². The number of ether oxygens (including phenoxy) is 1. The maximum absolute atomic E-state index is 10.2. The molecule has 0 bridgehead atoms. The van der Waals surface area contributed by atoms with Crippen LogP contribution in [0.25, 0.3) is 10.9 Å². The van der Waals surface area contributed by atoms with Crippen molar-refractivity contribution in [2.24, 2.45) is 0 Å². The summed E-state index contributed by atoms with van der Waals surface area (Å²) in [4.78, 5) is 17.0. The Morgan fingerprint density at radius 2 is 2.40 bits per heavy atom. The van der Waals surface area contributed by atoms with Crippen molar-refractivity contribution in [2.75, 3.05) is 6.61 Å². The summed E-state index contributed by atoms with van der Waals surface area (Å²) in [6.07, 6.45) is 4.84. The Morgan fingerprint density at radius 3 is 3.13 bits per heavy atom. The maximum Gasteiger partial charge on any atom is 1.00 e. The summed E-state index contributed by atoms with van der Waals surface area (Å²) < 4.78 is 4.99. The van der Waals surface area contributed by atoms with Gasteiger partial charge in [0, 0.05) is 18.6 Å². The Morgan fingerprint density at radius 1 is 1.60 bits per heavy atom. The molecule has 0 amide bonds. The number of aliphatic carboxylic acids is 1. The molecule has 0 spiro atoms. The second-order valence-corrected chi connectivity index (χ2v) is 2.73. The molecule has 0 unspecified atom stereocenters. The molecule has 0 atom stereocenters. The summed E-state index contributed by atoms with van der Waals surface area (Å²) >= 11 is 0. The van der Waals surface area contributed by atoms with Crippen molar-refractivity contribution < 1.29 is 66.0 Å². The van der Waals surface area contributed by atoms with Crippen molar-refractivity contribution >= 4 is 16.9 Å². The standard InChI is InChI=1S/C9H8N2O3.K/c12-9(13)5-14-8-4-11-7-1-2-10-3-6(7)8;/h1-4,11H,5H2,(H,12,13);/q;+1/p-1. The number of nitrogens with zero attached hydrogens (tertiary/aromatic N) is 1. The molecule has 15 heavy (non-hydrogen) atoms. The summed E-state index contributed by atoms with van der Waals surface area (Å²) in [5, 5.41) is 10.9. The molecular formula is C9H7KN2O3. The monoisotopic (exact) mass is 230 g/mol. The fraction of sp³-hybridized carbons (Fsp3) is 0.111. The minimum absolute atomic E-state index is 0. The Balaban J connectivity index is 0.00000112. The van der Waals surface area contributed by atoms with Crippen LogP contribution in [0.4, 0.5) is 0 Å². The molecule has 0 aliphatic carbocycles. The van der Waals surface area contributed by atoms with E-state index in [0.29, 0.717) is 5.75 Å². The number of aromatic amines is 1. The van der Waals surface area contributed by atoms with Crippen molar-refractivity contribution in [3.63, 3.8) is 0 Å². The van der Waals surface area contributed by atoms with Crippen molar-refractivity contribution in [3.05, 3.63) is 24.7 Å². The first kappa shape index (κ1) is 12.7. The Hall–Kier alpha value is -0.404. The molecule has 0 radical (unpaired) electrons. The normalized spacial score (nSPS) is 9.60. The SMILES string of the molecule is O=C([O-])COc1c[nH]c2ccncc12.[K+]. The predicted octanol–water partition coefficient (Wildman–Crippen LogP) is -3.30. The molecule has 0 aromatic carbocycles. The average Bonchev–Trinajstić information content (AvgIpc) is 2.58. The van der Waals surface area contributed by atoms with Gasteiger partial charge in [0.1, 0.15) is 12.4 Å². The van der Waals surface area contributed by atoms with E-state index in [1.807, 2.05) is 0 Å². The van der Waals surface area contributed by atoms with Crippen LogP contribution in [0.15, 0.2) is 24.7 Å². The molecule has 0 aliphatic heterocycles. The third-order valence-corrected chi connectivity index (χ3v) is 1.79. The molecule has 0 aliphatic rings. The first-order valence-electron chi connectivity index (χ1n) is 4.01. The molecule has 2 rings (SSSR count). The van der Waals surface area contributed by atoms with Gasteiger partial charge in [-0.05, 0) is 6.07 Å². The molecule has 2 aromatic rings. The summed E-state index contributed by atoms with van der Waals surface area (Å²) in [5.41, 5.74) is 0.855. The smallest absolute Gasteiger partial charge is 0.546 e. The quantitative estimate of drug-likeness (QED) is 0.560. The van der Waals surface area contributed by atoms with Crippen LogP contribution in [0.3, 0.4) is 0 Å². The number of carbonyl (C=O) groups excluding carboxylic acids is 1. The van der Waals surface area contributed by atoms with Gasteiger partial charge in [-0.25, -0.2) is 0 Å². The molecule has 6 heteroatoms. The van der Waals surface area contributed by atoms with E-state index in [1.54, 1.807) is 24.7 Å². The van der Waals surface area contributed by atoms with Gasteiger partial charge >= 0.3 is 51.4 Å². The molecule has 0 fully saturated rings. The average molecular weight is 230 g/mol. The van der Waals surface area contributed by atoms with Gasteiger partial charge < -0.3 is 19.6 Å². The first-order valence-corrected chi connectivity index (χ1v) is 4.01. The number of carbonyl (C=O) groups is 1. The van der Waals surface area contributed by atoms with Crippen LogP contribution >= 0.6 is 0 Å². The Bertz CT molecular complexity index is 469. The van der Waals surface area contributed by atoms with E-state index in [9.17, 15) is 9.90 Å². The maximum atomic E-state index is 10.2. The van der Waals surface area contributed by atoms with Crippen LogP contribution in [-0.4, -0.2) is 22.5 Å². The van der Waals surface area contributed by atoms with Crippen LogP contribution in [0, 0.1) is 0 Å². The second kappa shape index (κ2) is 5.62. The van der Waals surface area contributed by atoms with Crippen molar-refractivity contribution in [1.82, 2.24) is 9.97 Å². The van der Waals surface area contributed by atoms with Crippen LogP contribution in [0.1, 0.15) is 0 Å². The fourth-order valence-electron chi connectivity index (χ4n) is 1.19. The van der Waals surface area contributed by atoms with Crippen molar-refractivity contribution in [3.8, 4) is 5.75 Å². The van der Waals surface area contributed by atoms with Gasteiger partial charge in [0.25, 0.3) is 0 Å². The molecule has 1 N–H and O–H groups in total. The Labute approximate surface area is 128 Å². The van der Waals surface area contributed by atoms with E-state index in [0.717, 1.165) is 10.9 Å². The number of hydrogen-bond acceptors (Lipinski definition) is 4. The van der Waals surface area contributed by atoms with E-state index >= 15 is 0 Å². The number of carboxylic acid groups (broad SMARTS) is 1. The number of pyridine rings is 1. The van der Waals surface area contributed by atoms with E-state index in [1.165, 1.54) is 0 Å². The fourth-order valence-corrected chi connectivity index (χ4v) is 1.19. The zero-order valence-corrected chi connectivity index (χ0v) is 11.3. The van der Waals surface area contributed by atoms with Gasteiger partial charge in [-0.1, -0.05) is 0 Å². The van der Waals surface area contributed by atoms with Crippen molar-refractivity contribution in [2.45, 2.75) is 0 Å². The van der Waals surface area contributed by atoms with E-state index in [-0.39, 0.29) is 51.4 Å². The minimum atomic E-state index is -1.25. The van der Waals surface area contributed by atoms with Gasteiger partial charge in [0.15, 0.2) is 0 Å². The summed E-state index contributed by atoms with van der Waals surface area (Å²) in [5.74, 6) is -0.777. The van der Waals surface area contributed by atoms with Gasteiger partial charge in [0.2, 0.25) is 0 Å². The van der Waals surface area contributed by atoms with E-state index in [4.69, 9.17) is 4.74 Å². The van der Waals surface area contributed by atoms with Crippen LogP contribution in [-0.2, 0) is 4.79 Å². The number of rotatable bonds is 3. The molecule has 2 heterocycles. The summed E-state index contributed by atoms with van der Waals surface area (Å²) in [6.45, 7) is -0.457. The van der Waals surface area contributed by atoms with Gasteiger partial charge in [-0.2, -0.15) is 0 Å². The van der Waals surface area contributed by atoms with Crippen LogP contribution in [0.2, 0.25) is 0 Å². The third kappa shape index (κ3) is 3.02. The zero-order valence-electron chi connectivity index (χ0n) is 8.19. The minimum Gasteiger partial charge on any atom is -0.546 e. The predicted molar refractivity (Wildman–Crippen MR) is 46.6 cm³/mol. The first-order chi connectivity index (χ1) is 6.77. The summed E-state index contributed by atoms with van der Waals surface area (Å²) in [6, 6.07) is 1.78. The molecular weight excluding hydrogens is 223 g/mol. The zero-order chi connectivity index (χ0) is 9.97. The number of carboxylic acids is 1. The van der Waals surface area contributed by atoms with E-state index < -0.39 is 12.6 Å². The number of fused-ring (bicyclic) bond motifs is 1. The topological polar surface area (TPSA) is 78.0 Å². The van der Waals surface area contributed by atoms with Gasteiger partial charge in [-0.15, -0.1) is 0 Å². The third-order valence-electron chi connectivity index (χ3n) is 1.79. The van der Waals surface area contributed by atoms with Gasteiger partial charge in [-0.3, -0.25) is 4.98 Å². The van der Waals surface area contributed by atoms with Crippen molar-refractivity contribution in [1.29, 1.82) is 0 Å². The number of H-pyrrole nitrogens is 1. The number of hydrogen-bond donors (Lipinski definition) is 1. The second-order valence-electron chi connectivity index (χ2n) is 2.73. The van der Waals surface area contributed by atoms with Gasteiger partial charge in [0.05, 0.1) is 16.9 Å². The largest absolute Gasteiger partial charge is 1.00 e. The number of aromatic nitrogens is 2. The molecule has 2 aromatic heterocycles. The molecule has 0 saturated carbocycles. The van der Waals surface area contributed by atoms with Crippen LogP contribution in [0.5, 0.6) is 5.75 Å². The molecule has 0 saturated heterocycles.